The van der Waals surface area contributed by atoms with Crippen molar-refractivity contribution >= 4 is 44.4 Å². The Kier molecular flexibility index (Phi) is 15.9. The number of amides is 2. The molecule has 2 amide bonds. The maximum Gasteiger partial charge on any atom is 0.411 e. The molecule has 0 heterocycles. The van der Waals surface area contributed by atoms with Gasteiger partial charge in [0, 0.05) is 35.0 Å². The third-order valence-corrected chi connectivity index (χ3v) is 7.13. The molecule has 2 rings (SSSR count). The summed E-state index contributed by atoms with van der Waals surface area (Å²) >= 11 is 3.50. The van der Waals surface area contributed by atoms with Gasteiger partial charge in [-0.2, -0.15) is 0 Å². The predicted molar refractivity (Wildman–Crippen MR) is 163 cm³/mol. The summed E-state index contributed by atoms with van der Waals surface area (Å²) in [4.78, 5) is 25.0. The number of nitrogens with one attached hydrogen (secondary N) is 2. The first kappa shape index (κ1) is 32.9. The molecule has 0 bridgehead atoms. The van der Waals surface area contributed by atoms with Gasteiger partial charge in [-0.1, -0.05) is 107 Å². The largest absolute Gasteiger partial charge is 0.506 e. The highest BCUT2D eigenvalue weighted by molar-refractivity contribution is 9.10. The summed E-state index contributed by atoms with van der Waals surface area (Å²) in [6.45, 7) is 8.27. The van der Waals surface area contributed by atoms with Gasteiger partial charge in [-0.25, -0.2) is 4.79 Å². The molecular formula is C31H47BrN2O5. The minimum atomic E-state index is -0.570. The summed E-state index contributed by atoms with van der Waals surface area (Å²) in [6, 6.07) is 6.70. The van der Waals surface area contributed by atoms with E-state index >= 15 is 0 Å². The second-order valence-corrected chi connectivity index (χ2v) is 11.4. The van der Waals surface area contributed by atoms with Crippen molar-refractivity contribution in [1.29, 1.82) is 0 Å². The molecule has 2 aromatic carbocycles. The lowest BCUT2D eigenvalue weighted by atomic mass is 10.0. The van der Waals surface area contributed by atoms with Crippen LogP contribution in [0.5, 0.6) is 5.75 Å². The maximum absolute atomic E-state index is 12.8. The molecule has 0 atom stereocenters. The molecule has 3 N–H and O–H groups in total. The molecule has 0 radical (unpaired) electrons. The Hall–Kier alpha value is -2.32. The van der Waals surface area contributed by atoms with Gasteiger partial charge in [-0.15, -0.1) is 0 Å². The highest BCUT2D eigenvalue weighted by Gasteiger charge is 2.19. The summed E-state index contributed by atoms with van der Waals surface area (Å²) in [5.41, 5.74) is 0.648. The molecule has 0 fully saturated rings. The zero-order chi connectivity index (χ0) is 28.5. The molecule has 0 aliphatic heterocycles. The summed E-state index contributed by atoms with van der Waals surface area (Å²) in [7, 11) is 0. The van der Waals surface area contributed by atoms with Gasteiger partial charge in [0.15, 0.2) is 0 Å². The number of phenolic OH excluding ortho intramolecular Hbond substituents is 1. The number of carbonyl (C=O) groups is 2. The van der Waals surface area contributed by atoms with Crippen LogP contribution in [-0.4, -0.2) is 43.5 Å². The summed E-state index contributed by atoms with van der Waals surface area (Å²) in [6.07, 6.45) is 13.1. The maximum atomic E-state index is 12.8. The lowest BCUT2D eigenvalue weighted by Crippen LogP contribution is -2.25. The zero-order valence-electron chi connectivity index (χ0n) is 24.0. The Morgan fingerprint density at radius 3 is 2.26 bits per heavy atom. The van der Waals surface area contributed by atoms with Crippen molar-refractivity contribution in [2.75, 3.05) is 31.7 Å². The van der Waals surface area contributed by atoms with E-state index in [2.05, 4.69) is 33.5 Å². The van der Waals surface area contributed by atoms with Crippen LogP contribution in [0.3, 0.4) is 0 Å². The van der Waals surface area contributed by atoms with E-state index in [-0.39, 0.29) is 23.1 Å². The molecule has 0 aliphatic carbocycles. The van der Waals surface area contributed by atoms with Crippen LogP contribution in [0.15, 0.2) is 28.7 Å². The number of fused-ring (bicyclic) bond motifs is 1. The second-order valence-electron chi connectivity index (χ2n) is 10.5. The van der Waals surface area contributed by atoms with E-state index in [1.807, 2.05) is 13.8 Å². The number of anilines is 1. The van der Waals surface area contributed by atoms with Crippen LogP contribution in [0.25, 0.3) is 10.8 Å². The van der Waals surface area contributed by atoms with Crippen molar-refractivity contribution < 1.29 is 24.2 Å². The van der Waals surface area contributed by atoms with Gasteiger partial charge in [-0.3, -0.25) is 10.1 Å². The van der Waals surface area contributed by atoms with Gasteiger partial charge in [0.05, 0.1) is 17.9 Å². The van der Waals surface area contributed by atoms with Crippen LogP contribution in [0, 0.1) is 5.92 Å². The number of unbranched alkanes of at least 4 members (excludes halogenated alkanes) is 9. The average Bonchev–Trinajstić information content (AvgIpc) is 2.91. The molecule has 7 nitrogen and oxygen atoms in total. The first-order valence-electron chi connectivity index (χ1n) is 14.6. The summed E-state index contributed by atoms with van der Waals surface area (Å²) in [5, 5.41) is 17.5. The fourth-order valence-electron chi connectivity index (χ4n) is 4.35. The van der Waals surface area contributed by atoms with Crippen molar-refractivity contribution in [3.63, 3.8) is 0 Å². The van der Waals surface area contributed by atoms with Gasteiger partial charge in [-0.05, 0) is 30.9 Å². The van der Waals surface area contributed by atoms with E-state index in [0.29, 0.717) is 47.1 Å². The average molecular weight is 608 g/mol. The molecular weight excluding hydrogens is 560 g/mol. The van der Waals surface area contributed by atoms with Crippen LogP contribution < -0.4 is 10.6 Å². The molecule has 218 valence electrons. The third-order valence-electron chi connectivity index (χ3n) is 6.51. The number of phenols is 1. The van der Waals surface area contributed by atoms with E-state index < -0.39 is 6.09 Å². The van der Waals surface area contributed by atoms with Crippen molar-refractivity contribution in [2.24, 2.45) is 5.92 Å². The zero-order valence-corrected chi connectivity index (χ0v) is 25.5. The predicted octanol–water partition coefficient (Wildman–Crippen LogP) is 8.57. The van der Waals surface area contributed by atoms with Crippen LogP contribution >= 0.6 is 15.9 Å². The topological polar surface area (TPSA) is 96.9 Å². The Morgan fingerprint density at radius 1 is 0.949 bits per heavy atom. The lowest BCUT2D eigenvalue weighted by molar-refractivity contribution is 0.0937. The summed E-state index contributed by atoms with van der Waals surface area (Å²) < 4.78 is 11.5. The first-order chi connectivity index (χ1) is 18.8. The van der Waals surface area contributed by atoms with Crippen molar-refractivity contribution in [3.05, 3.63) is 34.3 Å². The summed E-state index contributed by atoms with van der Waals surface area (Å²) in [5.74, 6) is -0.280. The second kappa shape index (κ2) is 18.9. The standard InChI is InChI=1S/C31H47BrN2O5/c1-4-5-6-7-8-9-10-11-12-13-19-38-20-15-18-33-30(36)25-21-26(32)28-24(29(25)35)16-14-17-27(28)34-31(37)39-22-23(2)3/h14,16-17,21,23,35H,4-13,15,18-20,22H2,1-3H3,(H,33,36)(H,34,37). The van der Waals surface area contributed by atoms with E-state index in [1.165, 1.54) is 57.8 Å². The van der Waals surface area contributed by atoms with Crippen LogP contribution in [0.2, 0.25) is 0 Å². The molecule has 0 spiro atoms. The Bertz CT molecular complexity index is 1030. The van der Waals surface area contributed by atoms with Crippen molar-refractivity contribution in [1.82, 2.24) is 5.32 Å². The number of benzene rings is 2. The van der Waals surface area contributed by atoms with Crippen molar-refractivity contribution in [2.45, 2.75) is 91.4 Å². The highest BCUT2D eigenvalue weighted by atomic mass is 79.9. The van der Waals surface area contributed by atoms with E-state index in [4.69, 9.17) is 9.47 Å². The van der Waals surface area contributed by atoms with Gasteiger partial charge in [0.2, 0.25) is 0 Å². The van der Waals surface area contributed by atoms with E-state index in [9.17, 15) is 14.7 Å². The number of hydrogen-bond acceptors (Lipinski definition) is 5. The molecule has 0 aliphatic rings. The number of ether oxygens (including phenoxy) is 2. The normalized spacial score (nSPS) is 11.2. The van der Waals surface area contributed by atoms with Gasteiger partial charge in [0.25, 0.3) is 5.91 Å². The lowest BCUT2D eigenvalue weighted by Gasteiger charge is -2.15. The number of halogens is 1. The minimum absolute atomic E-state index is 0.137. The van der Waals surface area contributed by atoms with Crippen molar-refractivity contribution in [3.8, 4) is 5.75 Å². The monoisotopic (exact) mass is 606 g/mol. The third kappa shape index (κ3) is 12.2. The fraction of sp³-hybridized carbons (Fsp3) is 0.613. The van der Waals surface area contributed by atoms with Gasteiger partial charge >= 0.3 is 6.09 Å². The van der Waals surface area contributed by atoms with Gasteiger partial charge < -0.3 is 19.9 Å². The molecule has 39 heavy (non-hydrogen) atoms. The minimum Gasteiger partial charge on any atom is -0.506 e. The Labute approximate surface area is 242 Å². The first-order valence-corrected chi connectivity index (χ1v) is 15.4. The molecule has 0 aromatic heterocycles. The van der Waals surface area contributed by atoms with E-state index in [0.717, 1.165) is 13.0 Å². The van der Waals surface area contributed by atoms with Crippen LogP contribution in [0.4, 0.5) is 10.5 Å². The molecule has 2 aromatic rings. The molecule has 8 heteroatoms. The molecule has 0 unspecified atom stereocenters. The Morgan fingerprint density at radius 2 is 1.59 bits per heavy atom. The number of carbonyl (C=O) groups excluding carboxylic acids is 2. The van der Waals surface area contributed by atoms with Crippen LogP contribution in [-0.2, 0) is 9.47 Å². The van der Waals surface area contributed by atoms with Gasteiger partial charge in [0.1, 0.15) is 5.75 Å². The smallest absolute Gasteiger partial charge is 0.411 e. The fourth-order valence-corrected chi connectivity index (χ4v) is 5.01. The highest BCUT2D eigenvalue weighted by Crippen LogP contribution is 2.38. The number of aromatic hydroxyl groups is 1. The molecule has 0 saturated heterocycles. The quantitative estimate of drug-likeness (QED) is 0.139. The number of rotatable bonds is 19. The van der Waals surface area contributed by atoms with Crippen LogP contribution in [0.1, 0.15) is 102 Å². The van der Waals surface area contributed by atoms with E-state index in [1.54, 1.807) is 24.3 Å². The Balaban J connectivity index is 1.72. The molecule has 0 saturated carbocycles. The SMILES string of the molecule is CCCCCCCCCCCCOCCCNC(=O)c1cc(Br)c2c(NC(=O)OCC(C)C)cccc2c1O. The number of hydrogen-bond donors (Lipinski definition) is 3.